The molecule has 40 heavy (non-hydrogen) atoms. The summed E-state index contributed by atoms with van der Waals surface area (Å²) in [5.41, 5.74) is 9.69. The van der Waals surface area contributed by atoms with Crippen LogP contribution in [0.5, 0.6) is 0 Å². The summed E-state index contributed by atoms with van der Waals surface area (Å²) in [5, 5.41) is 16.0. The third kappa shape index (κ3) is 4.21. The van der Waals surface area contributed by atoms with E-state index in [0.29, 0.717) is 11.5 Å². The zero-order valence-corrected chi connectivity index (χ0v) is 24.0. The molecule has 3 aromatic heterocycles. The molecule has 0 saturated heterocycles. The first-order valence-electron chi connectivity index (χ1n) is 14.6. The molecule has 2 aromatic carbocycles. The van der Waals surface area contributed by atoms with Crippen LogP contribution >= 0.6 is 11.3 Å². The van der Waals surface area contributed by atoms with Crippen molar-refractivity contribution >= 4 is 44.8 Å². The summed E-state index contributed by atoms with van der Waals surface area (Å²) >= 11 is 1.82. The smallest absolute Gasteiger partial charge is 0.335 e. The minimum atomic E-state index is -0.870. The van der Waals surface area contributed by atoms with Gasteiger partial charge in [-0.3, -0.25) is 0 Å². The van der Waals surface area contributed by atoms with E-state index in [1.165, 1.54) is 69.6 Å². The monoisotopic (exact) mass is 549 g/mol. The summed E-state index contributed by atoms with van der Waals surface area (Å²) in [4.78, 5) is 19.7. The van der Waals surface area contributed by atoms with Gasteiger partial charge in [0.1, 0.15) is 0 Å². The fraction of sp³-hybridized carbons (Fsp3) is 0.353. The first-order valence-corrected chi connectivity index (χ1v) is 15.5. The van der Waals surface area contributed by atoms with E-state index in [-0.39, 0.29) is 0 Å². The van der Waals surface area contributed by atoms with Gasteiger partial charge < -0.3 is 15.0 Å². The molecule has 1 aliphatic heterocycles. The Morgan fingerprint density at radius 1 is 0.950 bits per heavy atom. The minimum absolute atomic E-state index is 0.357. The Balaban J connectivity index is 1.49. The van der Waals surface area contributed by atoms with Crippen molar-refractivity contribution in [3.8, 4) is 22.5 Å². The molecule has 0 atom stereocenters. The van der Waals surface area contributed by atoms with Crippen molar-refractivity contribution in [3.63, 3.8) is 0 Å². The summed E-state index contributed by atoms with van der Waals surface area (Å²) in [6, 6.07) is 16.8. The van der Waals surface area contributed by atoms with E-state index < -0.39 is 5.97 Å². The van der Waals surface area contributed by atoms with Gasteiger partial charge in [0.25, 0.3) is 0 Å². The third-order valence-corrected chi connectivity index (χ3v) is 9.88. The standard InChI is InChI=1S/C34H35N3O2S/c1-20-18-27(21(2)40-20)29-14-12-24-28(36-29)15-13-26-32(24)35-16-6-7-17-37-30-19-23(34(38)39)10-11-25(30)31(33(26)37)22-8-4-3-5-9-22/h10-15,18-19,22,35H,3-9,16-17H2,1-2H3,(H,38,39). The van der Waals surface area contributed by atoms with Crippen LogP contribution in [0.4, 0.5) is 5.69 Å². The van der Waals surface area contributed by atoms with E-state index in [4.69, 9.17) is 4.98 Å². The summed E-state index contributed by atoms with van der Waals surface area (Å²) in [7, 11) is 0. The molecule has 1 aliphatic carbocycles. The third-order valence-electron chi connectivity index (χ3n) is 8.92. The van der Waals surface area contributed by atoms with Crippen LogP contribution < -0.4 is 5.32 Å². The maximum absolute atomic E-state index is 12.0. The van der Waals surface area contributed by atoms with Crippen molar-refractivity contribution in [3.05, 3.63) is 69.4 Å². The molecule has 204 valence electrons. The SMILES string of the molecule is Cc1cc(-c2ccc3c4c(ccc3n2)-c2c(C3CCCCC3)c3ccc(C(=O)O)cc3n2CCCCN4)c(C)s1. The highest BCUT2D eigenvalue weighted by Gasteiger charge is 2.29. The molecule has 1 fully saturated rings. The number of thiophene rings is 1. The summed E-state index contributed by atoms with van der Waals surface area (Å²) < 4.78 is 2.43. The lowest BCUT2D eigenvalue weighted by molar-refractivity contribution is 0.0697. The van der Waals surface area contributed by atoms with Crippen molar-refractivity contribution in [2.45, 2.75) is 71.3 Å². The Kier molecular flexibility index (Phi) is 6.38. The van der Waals surface area contributed by atoms with Gasteiger partial charge in [-0.05, 0) is 93.5 Å². The quantitative estimate of drug-likeness (QED) is 0.235. The molecule has 5 aromatic rings. The zero-order chi connectivity index (χ0) is 27.4. The van der Waals surface area contributed by atoms with Crippen molar-refractivity contribution in [1.82, 2.24) is 9.55 Å². The number of carboxylic acid groups (broad SMARTS) is 1. The molecule has 0 spiro atoms. The number of fused-ring (bicyclic) bond motifs is 7. The molecule has 2 aliphatic rings. The average molecular weight is 550 g/mol. The molecule has 1 saturated carbocycles. The van der Waals surface area contributed by atoms with Gasteiger partial charge in [0.2, 0.25) is 0 Å². The largest absolute Gasteiger partial charge is 0.478 e. The van der Waals surface area contributed by atoms with Crippen LogP contribution in [0.25, 0.3) is 44.3 Å². The number of carbonyl (C=O) groups is 1. The van der Waals surface area contributed by atoms with Gasteiger partial charge in [0.15, 0.2) is 0 Å². The van der Waals surface area contributed by atoms with E-state index in [1.807, 2.05) is 17.4 Å². The first-order chi connectivity index (χ1) is 19.5. The summed E-state index contributed by atoms with van der Waals surface area (Å²) in [5.74, 6) is -0.386. The molecule has 0 amide bonds. The highest BCUT2D eigenvalue weighted by Crippen LogP contribution is 2.47. The number of benzene rings is 2. The Labute approximate surface area is 238 Å². The predicted molar refractivity (Wildman–Crippen MR) is 166 cm³/mol. The van der Waals surface area contributed by atoms with Crippen LogP contribution in [-0.4, -0.2) is 27.2 Å². The molecule has 0 bridgehead atoms. The van der Waals surface area contributed by atoms with Crippen LogP contribution in [0.2, 0.25) is 0 Å². The Morgan fingerprint density at radius 3 is 2.55 bits per heavy atom. The second kappa shape index (κ2) is 10.1. The Morgan fingerprint density at radius 2 is 1.77 bits per heavy atom. The number of carboxylic acids is 1. The molecule has 6 heteroatoms. The number of aromatic nitrogens is 2. The lowest BCUT2D eigenvalue weighted by Crippen LogP contribution is -2.08. The molecule has 7 rings (SSSR count). The summed E-state index contributed by atoms with van der Waals surface area (Å²) in [6.45, 7) is 6.11. The van der Waals surface area contributed by atoms with Crippen LogP contribution in [0.1, 0.15) is 76.5 Å². The maximum Gasteiger partial charge on any atom is 0.335 e. The van der Waals surface area contributed by atoms with Crippen molar-refractivity contribution < 1.29 is 9.90 Å². The fourth-order valence-electron chi connectivity index (χ4n) is 7.07. The van der Waals surface area contributed by atoms with E-state index in [2.05, 4.69) is 60.1 Å². The van der Waals surface area contributed by atoms with Gasteiger partial charge in [-0.1, -0.05) is 25.3 Å². The topological polar surface area (TPSA) is 67.1 Å². The number of nitrogens with one attached hydrogen (secondary N) is 1. The second-order valence-corrected chi connectivity index (χ2v) is 13.0. The molecule has 5 nitrogen and oxygen atoms in total. The zero-order valence-electron chi connectivity index (χ0n) is 23.2. The van der Waals surface area contributed by atoms with Crippen molar-refractivity contribution in [2.24, 2.45) is 0 Å². The average Bonchev–Trinajstić information content (AvgIpc) is 3.50. The molecular weight excluding hydrogens is 514 g/mol. The van der Waals surface area contributed by atoms with Gasteiger partial charge in [0.05, 0.1) is 28.2 Å². The number of anilines is 1. The predicted octanol–water partition coefficient (Wildman–Crippen LogP) is 9.15. The lowest BCUT2D eigenvalue weighted by atomic mass is 9.81. The van der Waals surface area contributed by atoms with Crippen LogP contribution in [0, 0.1) is 13.8 Å². The van der Waals surface area contributed by atoms with Crippen molar-refractivity contribution in [2.75, 3.05) is 11.9 Å². The molecular formula is C34H35N3O2S. The Bertz CT molecular complexity index is 1770. The van der Waals surface area contributed by atoms with E-state index >= 15 is 0 Å². The minimum Gasteiger partial charge on any atom is -0.478 e. The van der Waals surface area contributed by atoms with Gasteiger partial charge in [-0.2, -0.15) is 0 Å². The number of rotatable bonds is 3. The molecule has 0 unspecified atom stereocenters. The second-order valence-electron chi connectivity index (χ2n) is 11.5. The maximum atomic E-state index is 12.0. The van der Waals surface area contributed by atoms with E-state index in [1.54, 1.807) is 6.07 Å². The normalized spacial score (nSPS) is 16.1. The number of nitrogens with zero attached hydrogens (tertiary/aromatic N) is 2. The molecule has 2 N–H and O–H groups in total. The van der Waals surface area contributed by atoms with Crippen LogP contribution in [0.15, 0.2) is 48.5 Å². The molecule has 4 heterocycles. The number of hydrogen-bond acceptors (Lipinski definition) is 4. The molecule has 0 radical (unpaired) electrons. The highest BCUT2D eigenvalue weighted by molar-refractivity contribution is 7.12. The van der Waals surface area contributed by atoms with Gasteiger partial charge in [-0.25, -0.2) is 9.78 Å². The van der Waals surface area contributed by atoms with Crippen LogP contribution in [0.3, 0.4) is 0 Å². The lowest BCUT2D eigenvalue weighted by Gasteiger charge is -2.24. The summed E-state index contributed by atoms with van der Waals surface area (Å²) in [6.07, 6.45) is 8.26. The van der Waals surface area contributed by atoms with Crippen LogP contribution in [-0.2, 0) is 6.54 Å². The Hall–Kier alpha value is -3.64. The number of hydrogen-bond donors (Lipinski definition) is 2. The van der Waals surface area contributed by atoms with Gasteiger partial charge in [0, 0.05) is 50.3 Å². The first kappa shape index (κ1) is 25.3. The van der Waals surface area contributed by atoms with E-state index in [0.717, 1.165) is 53.7 Å². The van der Waals surface area contributed by atoms with Crippen molar-refractivity contribution in [1.29, 1.82) is 0 Å². The van der Waals surface area contributed by atoms with Gasteiger partial charge in [-0.15, -0.1) is 11.3 Å². The van der Waals surface area contributed by atoms with E-state index in [9.17, 15) is 9.90 Å². The highest BCUT2D eigenvalue weighted by atomic mass is 32.1. The number of pyridine rings is 1. The number of aromatic carboxylic acids is 1. The fourth-order valence-corrected chi connectivity index (χ4v) is 8.00. The number of aryl methyl sites for hydroxylation is 3. The van der Waals surface area contributed by atoms with Gasteiger partial charge >= 0.3 is 5.97 Å².